The number of benzene rings is 2. The van der Waals surface area contributed by atoms with Crippen LogP contribution in [0.15, 0.2) is 75.8 Å². The molecule has 30 heavy (non-hydrogen) atoms. The van der Waals surface area contributed by atoms with Gasteiger partial charge in [-0.05, 0) is 36.8 Å². The number of carbonyl (C=O) groups excluding carboxylic acids is 2. The summed E-state index contributed by atoms with van der Waals surface area (Å²) in [6, 6.07) is 18.5. The standard InChI is InChI=1S/C23H17BrN2O3S/c1-14(27)16-4-6-17(7-5-16)20-10-11-21(29-20)22(28)26-23-25-13-19(30-23)12-15-2-8-18(24)9-3-15/h2-11,13H,12H2,1H3,(H,25,26,28). The second kappa shape index (κ2) is 8.77. The van der Waals surface area contributed by atoms with Gasteiger partial charge < -0.3 is 4.42 Å². The van der Waals surface area contributed by atoms with E-state index in [1.54, 1.807) is 42.6 Å². The normalized spacial score (nSPS) is 10.7. The largest absolute Gasteiger partial charge is 0.451 e. The van der Waals surface area contributed by atoms with Gasteiger partial charge in [0.25, 0.3) is 5.91 Å². The molecule has 0 saturated heterocycles. The Balaban J connectivity index is 1.41. The summed E-state index contributed by atoms with van der Waals surface area (Å²) in [5.41, 5.74) is 2.60. The number of rotatable bonds is 6. The van der Waals surface area contributed by atoms with Crippen molar-refractivity contribution in [1.29, 1.82) is 0 Å². The third-order valence-electron chi connectivity index (χ3n) is 4.47. The Bertz CT molecular complexity index is 1190. The van der Waals surface area contributed by atoms with Gasteiger partial charge in [0, 0.05) is 33.1 Å². The van der Waals surface area contributed by atoms with Crippen LogP contribution in [0.2, 0.25) is 0 Å². The first-order chi connectivity index (χ1) is 14.5. The van der Waals surface area contributed by atoms with Crippen LogP contribution in [0.25, 0.3) is 11.3 Å². The van der Waals surface area contributed by atoms with Crippen molar-refractivity contribution in [1.82, 2.24) is 4.98 Å². The van der Waals surface area contributed by atoms with Gasteiger partial charge in [-0.15, -0.1) is 11.3 Å². The predicted molar refractivity (Wildman–Crippen MR) is 121 cm³/mol. The highest BCUT2D eigenvalue weighted by atomic mass is 79.9. The summed E-state index contributed by atoms with van der Waals surface area (Å²) in [6.45, 7) is 1.52. The Morgan fingerprint density at radius 1 is 1.03 bits per heavy atom. The molecule has 0 atom stereocenters. The fourth-order valence-corrected chi connectivity index (χ4v) is 4.00. The first-order valence-corrected chi connectivity index (χ1v) is 10.8. The fraction of sp³-hybridized carbons (Fsp3) is 0.0870. The molecule has 2 aromatic heterocycles. The highest BCUT2D eigenvalue weighted by Gasteiger charge is 2.15. The number of nitrogens with one attached hydrogen (secondary N) is 1. The molecule has 2 heterocycles. The Hall–Kier alpha value is -3.03. The minimum Gasteiger partial charge on any atom is -0.451 e. The lowest BCUT2D eigenvalue weighted by molar-refractivity contribution is 0.0994. The fourth-order valence-electron chi connectivity index (χ4n) is 2.89. The molecule has 0 spiro atoms. The highest BCUT2D eigenvalue weighted by molar-refractivity contribution is 9.10. The minimum atomic E-state index is -0.355. The van der Waals surface area contributed by atoms with Crippen molar-refractivity contribution in [3.8, 4) is 11.3 Å². The minimum absolute atomic E-state index is 0.00372. The lowest BCUT2D eigenvalue weighted by Gasteiger charge is -2.00. The van der Waals surface area contributed by atoms with Gasteiger partial charge >= 0.3 is 0 Å². The van der Waals surface area contributed by atoms with E-state index in [-0.39, 0.29) is 17.5 Å². The molecular formula is C23H17BrN2O3S. The van der Waals surface area contributed by atoms with E-state index in [1.165, 1.54) is 23.8 Å². The molecule has 0 aliphatic rings. The number of nitrogens with zero attached hydrogens (tertiary/aromatic N) is 1. The van der Waals surface area contributed by atoms with E-state index in [0.717, 1.165) is 21.3 Å². The molecule has 0 radical (unpaired) electrons. The van der Waals surface area contributed by atoms with Gasteiger partial charge in [0.15, 0.2) is 16.7 Å². The number of hydrogen-bond acceptors (Lipinski definition) is 5. The Morgan fingerprint density at radius 2 is 1.77 bits per heavy atom. The molecule has 7 heteroatoms. The molecule has 1 amide bonds. The zero-order valence-corrected chi connectivity index (χ0v) is 18.4. The van der Waals surface area contributed by atoms with E-state index >= 15 is 0 Å². The SMILES string of the molecule is CC(=O)c1ccc(-c2ccc(C(=O)Nc3ncc(Cc4ccc(Br)cc4)s3)o2)cc1. The van der Waals surface area contributed by atoms with E-state index in [0.29, 0.717) is 16.5 Å². The number of anilines is 1. The summed E-state index contributed by atoms with van der Waals surface area (Å²) >= 11 is 4.86. The lowest BCUT2D eigenvalue weighted by atomic mass is 10.1. The summed E-state index contributed by atoms with van der Waals surface area (Å²) in [7, 11) is 0. The molecule has 0 saturated carbocycles. The van der Waals surface area contributed by atoms with Gasteiger partial charge in [-0.3, -0.25) is 14.9 Å². The topological polar surface area (TPSA) is 72.2 Å². The predicted octanol–water partition coefficient (Wildman–Crippen LogP) is 6.21. The molecular weight excluding hydrogens is 464 g/mol. The van der Waals surface area contributed by atoms with Crippen LogP contribution in [0.4, 0.5) is 5.13 Å². The average molecular weight is 481 g/mol. The van der Waals surface area contributed by atoms with Crippen molar-refractivity contribution in [3.63, 3.8) is 0 Å². The van der Waals surface area contributed by atoms with Crippen LogP contribution >= 0.6 is 27.3 Å². The molecule has 0 unspecified atom stereocenters. The maximum atomic E-state index is 12.5. The maximum absolute atomic E-state index is 12.5. The van der Waals surface area contributed by atoms with E-state index in [4.69, 9.17) is 4.42 Å². The Kier molecular flexibility index (Phi) is 5.92. The van der Waals surface area contributed by atoms with Gasteiger partial charge in [-0.1, -0.05) is 52.3 Å². The highest BCUT2D eigenvalue weighted by Crippen LogP contribution is 2.25. The molecule has 150 valence electrons. The van der Waals surface area contributed by atoms with E-state index in [1.807, 2.05) is 12.1 Å². The first kappa shape index (κ1) is 20.3. The third kappa shape index (κ3) is 4.75. The summed E-state index contributed by atoms with van der Waals surface area (Å²) < 4.78 is 6.73. The lowest BCUT2D eigenvalue weighted by Crippen LogP contribution is -2.10. The van der Waals surface area contributed by atoms with Gasteiger partial charge in [0.2, 0.25) is 0 Å². The maximum Gasteiger partial charge on any atom is 0.293 e. The van der Waals surface area contributed by atoms with Crippen LogP contribution < -0.4 is 5.32 Å². The van der Waals surface area contributed by atoms with Crippen molar-refractivity contribution < 1.29 is 14.0 Å². The number of halogens is 1. The number of aromatic nitrogens is 1. The molecule has 4 aromatic rings. The number of hydrogen-bond donors (Lipinski definition) is 1. The smallest absolute Gasteiger partial charge is 0.293 e. The monoisotopic (exact) mass is 480 g/mol. The zero-order valence-electron chi connectivity index (χ0n) is 16.0. The van der Waals surface area contributed by atoms with Gasteiger partial charge in [-0.2, -0.15) is 0 Å². The van der Waals surface area contributed by atoms with Crippen LogP contribution in [0, 0.1) is 0 Å². The molecule has 4 rings (SSSR count). The number of ketones is 1. The van der Waals surface area contributed by atoms with Gasteiger partial charge in [0.1, 0.15) is 5.76 Å². The molecule has 5 nitrogen and oxygen atoms in total. The Labute approximate surface area is 185 Å². The van der Waals surface area contributed by atoms with Crippen molar-refractivity contribution in [3.05, 3.63) is 93.1 Å². The number of thiazole rings is 1. The third-order valence-corrected chi connectivity index (χ3v) is 5.91. The Morgan fingerprint density at radius 3 is 2.47 bits per heavy atom. The summed E-state index contributed by atoms with van der Waals surface area (Å²) in [5.74, 6) is 0.408. The summed E-state index contributed by atoms with van der Waals surface area (Å²) in [6.07, 6.45) is 2.52. The molecule has 2 aromatic carbocycles. The summed E-state index contributed by atoms with van der Waals surface area (Å²) in [4.78, 5) is 29.3. The number of Topliss-reactive ketones (excluding diaryl/α,β-unsaturated/α-hetero) is 1. The van der Waals surface area contributed by atoms with E-state index in [9.17, 15) is 9.59 Å². The van der Waals surface area contributed by atoms with Crippen LogP contribution in [0.5, 0.6) is 0 Å². The number of carbonyl (C=O) groups is 2. The van der Waals surface area contributed by atoms with Crippen LogP contribution in [0.3, 0.4) is 0 Å². The number of furan rings is 1. The van der Waals surface area contributed by atoms with Crippen molar-refractivity contribution in [2.45, 2.75) is 13.3 Å². The molecule has 0 bridgehead atoms. The van der Waals surface area contributed by atoms with E-state index in [2.05, 4.69) is 38.4 Å². The second-order valence-electron chi connectivity index (χ2n) is 6.69. The first-order valence-electron chi connectivity index (χ1n) is 9.19. The average Bonchev–Trinajstić information content (AvgIpc) is 3.40. The van der Waals surface area contributed by atoms with Gasteiger partial charge in [-0.25, -0.2) is 4.98 Å². The molecule has 0 aliphatic heterocycles. The van der Waals surface area contributed by atoms with Gasteiger partial charge in [0.05, 0.1) is 0 Å². The summed E-state index contributed by atoms with van der Waals surface area (Å²) in [5, 5.41) is 3.31. The molecule has 1 N–H and O–H groups in total. The number of amides is 1. The zero-order chi connectivity index (χ0) is 21.1. The van der Waals surface area contributed by atoms with E-state index < -0.39 is 0 Å². The van der Waals surface area contributed by atoms with Crippen molar-refractivity contribution in [2.75, 3.05) is 5.32 Å². The molecule has 0 fully saturated rings. The van der Waals surface area contributed by atoms with Crippen LogP contribution in [-0.4, -0.2) is 16.7 Å². The van der Waals surface area contributed by atoms with Crippen molar-refractivity contribution in [2.24, 2.45) is 0 Å². The van der Waals surface area contributed by atoms with Crippen molar-refractivity contribution >= 4 is 44.1 Å². The van der Waals surface area contributed by atoms with Crippen LogP contribution in [0.1, 0.15) is 38.3 Å². The second-order valence-corrected chi connectivity index (χ2v) is 8.72. The quantitative estimate of drug-likeness (QED) is 0.333. The van der Waals surface area contributed by atoms with Crippen LogP contribution in [-0.2, 0) is 6.42 Å². The molecule has 0 aliphatic carbocycles.